The van der Waals surface area contributed by atoms with Crippen molar-refractivity contribution in [2.75, 3.05) is 13.2 Å². The quantitative estimate of drug-likeness (QED) is 0.734. The summed E-state index contributed by atoms with van der Waals surface area (Å²) in [5.41, 5.74) is 6.35. The molecule has 0 amide bonds. The summed E-state index contributed by atoms with van der Waals surface area (Å²) >= 11 is 0. The molecule has 1 rings (SSSR count). The summed E-state index contributed by atoms with van der Waals surface area (Å²) in [6, 6.07) is 4.66. The van der Waals surface area contributed by atoms with E-state index in [0.29, 0.717) is 13.2 Å². The number of rotatable bonds is 6. The van der Waals surface area contributed by atoms with E-state index in [1.165, 1.54) is 6.07 Å². The molecule has 1 aromatic rings. The van der Waals surface area contributed by atoms with E-state index in [4.69, 9.17) is 10.5 Å². The van der Waals surface area contributed by atoms with E-state index in [9.17, 15) is 4.39 Å². The van der Waals surface area contributed by atoms with Gasteiger partial charge in [-0.2, -0.15) is 0 Å². The zero-order valence-corrected chi connectivity index (χ0v) is 9.13. The highest BCUT2D eigenvalue weighted by Crippen LogP contribution is 2.21. The molecule has 0 fully saturated rings. The zero-order valence-electron chi connectivity index (χ0n) is 9.13. The second-order valence-electron chi connectivity index (χ2n) is 3.43. The predicted octanol–water partition coefficient (Wildman–Crippen LogP) is 2.51. The van der Waals surface area contributed by atoms with E-state index in [0.717, 1.165) is 30.6 Å². The van der Waals surface area contributed by atoms with Crippen molar-refractivity contribution in [1.29, 1.82) is 0 Å². The van der Waals surface area contributed by atoms with Gasteiger partial charge in [0.2, 0.25) is 0 Å². The lowest BCUT2D eigenvalue weighted by molar-refractivity contribution is 0.335. The fourth-order valence-electron chi connectivity index (χ4n) is 1.50. The highest BCUT2D eigenvalue weighted by atomic mass is 19.1. The molecule has 0 spiro atoms. The lowest BCUT2D eigenvalue weighted by Gasteiger charge is -2.09. The zero-order chi connectivity index (χ0) is 11.1. The van der Waals surface area contributed by atoms with Gasteiger partial charge in [-0.25, -0.2) is 4.39 Å². The SMILES string of the molecule is CCOc1ccc(F)cc1CCCCN. The van der Waals surface area contributed by atoms with Crippen LogP contribution in [0.4, 0.5) is 4.39 Å². The molecule has 0 heterocycles. The molecule has 0 aliphatic heterocycles. The monoisotopic (exact) mass is 211 g/mol. The maximum absolute atomic E-state index is 13.0. The smallest absolute Gasteiger partial charge is 0.123 e. The lowest BCUT2D eigenvalue weighted by atomic mass is 10.1. The molecule has 0 bridgehead atoms. The molecule has 0 radical (unpaired) electrons. The molecule has 0 saturated carbocycles. The van der Waals surface area contributed by atoms with Crippen molar-refractivity contribution < 1.29 is 9.13 Å². The fraction of sp³-hybridized carbons (Fsp3) is 0.500. The van der Waals surface area contributed by atoms with Crippen molar-refractivity contribution >= 4 is 0 Å². The highest BCUT2D eigenvalue weighted by molar-refractivity contribution is 5.34. The average Bonchev–Trinajstić information content (AvgIpc) is 2.22. The number of unbranched alkanes of at least 4 members (excludes halogenated alkanes) is 1. The van der Waals surface area contributed by atoms with Gasteiger partial charge in [0.05, 0.1) is 6.61 Å². The third kappa shape index (κ3) is 3.88. The average molecular weight is 211 g/mol. The maximum Gasteiger partial charge on any atom is 0.123 e. The van der Waals surface area contributed by atoms with Crippen molar-refractivity contribution in [2.45, 2.75) is 26.2 Å². The minimum absolute atomic E-state index is 0.207. The Morgan fingerprint density at radius 3 is 2.80 bits per heavy atom. The molecule has 0 unspecified atom stereocenters. The molecule has 0 saturated heterocycles. The topological polar surface area (TPSA) is 35.2 Å². The van der Waals surface area contributed by atoms with Crippen LogP contribution in [0.15, 0.2) is 18.2 Å². The van der Waals surface area contributed by atoms with Crippen molar-refractivity contribution in [1.82, 2.24) is 0 Å². The molecule has 84 valence electrons. The van der Waals surface area contributed by atoms with E-state index in [1.54, 1.807) is 12.1 Å². The number of nitrogens with two attached hydrogens (primary N) is 1. The summed E-state index contributed by atoms with van der Waals surface area (Å²) in [6.45, 7) is 3.21. The Bertz CT molecular complexity index is 302. The first-order valence-electron chi connectivity index (χ1n) is 5.39. The number of hydrogen-bond acceptors (Lipinski definition) is 2. The van der Waals surface area contributed by atoms with Crippen molar-refractivity contribution in [3.05, 3.63) is 29.6 Å². The third-order valence-corrected chi connectivity index (χ3v) is 2.22. The van der Waals surface area contributed by atoms with Crippen molar-refractivity contribution in [2.24, 2.45) is 5.73 Å². The fourth-order valence-corrected chi connectivity index (χ4v) is 1.50. The molecule has 0 aliphatic carbocycles. The van der Waals surface area contributed by atoms with Gasteiger partial charge in [-0.1, -0.05) is 0 Å². The van der Waals surface area contributed by atoms with E-state index in [2.05, 4.69) is 0 Å². The number of halogens is 1. The summed E-state index contributed by atoms with van der Waals surface area (Å²) < 4.78 is 18.4. The van der Waals surface area contributed by atoms with Gasteiger partial charge >= 0.3 is 0 Å². The standard InChI is InChI=1S/C12H18FNO/c1-2-15-12-7-6-11(13)9-10(12)5-3-4-8-14/h6-7,9H,2-5,8,14H2,1H3. The van der Waals surface area contributed by atoms with Crippen LogP contribution in [0.3, 0.4) is 0 Å². The third-order valence-electron chi connectivity index (χ3n) is 2.22. The van der Waals surface area contributed by atoms with Crippen molar-refractivity contribution in [3.8, 4) is 5.75 Å². The minimum atomic E-state index is -0.207. The Kier molecular flexibility index (Phi) is 5.12. The first kappa shape index (κ1) is 12.0. The van der Waals surface area contributed by atoms with Crippen LogP contribution < -0.4 is 10.5 Å². The summed E-state index contributed by atoms with van der Waals surface area (Å²) in [7, 11) is 0. The van der Waals surface area contributed by atoms with Gasteiger partial charge < -0.3 is 10.5 Å². The minimum Gasteiger partial charge on any atom is -0.494 e. The van der Waals surface area contributed by atoms with Gasteiger partial charge in [-0.3, -0.25) is 0 Å². The van der Waals surface area contributed by atoms with Crippen molar-refractivity contribution in [3.63, 3.8) is 0 Å². The number of ether oxygens (including phenoxy) is 1. The molecule has 3 heteroatoms. The van der Waals surface area contributed by atoms with Crippen LogP contribution in [0.25, 0.3) is 0 Å². The van der Waals surface area contributed by atoms with Crippen LogP contribution in [0.1, 0.15) is 25.3 Å². The molecule has 0 aromatic heterocycles. The first-order valence-corrected chi connectivity index (χ1v) is 5.39. The van der Waals surface area contributed by atoms with E-state index in [-0.39, 0.29) is 5.82 Å². The summed E-state index contributed by atoms with van der Waals surface area (Å²) in [4.78, 5) is 0. The second-order valence-corrected chi connectivity index (χ2v) is 3.43. The number of hydrogen-bond donors (Lipinski definition) is 1. The van der Waals surface area contributed by atoms with Crippen LogP contribution in [-0.4, -0.2) is 13.2 Å². The Hall–Kier alpha value is -1.09. The lowest BCUT2D eigenvalue weighted by Crippen LogP contribution is -2.01. The Morgan fingerprint density at radius 2 is 2.13 bits per heavy atom. The van der Waals surface area contributed by atoms with Crippen LogP contribution in [-0.2, 0) is 6.42 Å². The summed E-state index contributed by atoms with van der Waals surface area (Å²) in [6.07, 6.45) is 2.76. The molecule has 0 aliphatic rings. The number of aryl methyl sites for hydroxylation is 1. The Labute approximate surface area is 90.2 Å². The molecule has 15 heavy (non-hydrogen) atoms. The largest absolute Gasteiger partial charge is 0.494 e. The normalized spacial score (nSPS) is 10.3. The molecule has 2 N–H and O–H groups in total. The Balaban J connectivity index is 2.68. The van der Waals surface area contributed by atoms with E-state index < -0.39 is 0 Å². The van der Waals surface area contributed by atoms with Crippen LogP contribution >= 0.6 is 0 Å². The predicted molar refractivity (Wildman–Crippen MR) is 59.6 cm³/mol. The molecule has 0 atom stereocenters. The maximum atomic E-state index is 13.0. The molecular weight excluding hydrogens is 193 g/mol. The summed E-state index contributed by atoms with van der Waals surface area (Å²) in [5.74, 6) is 0.581. The van der Waals surface area contributed by atoms with Gasteiger partial charge in [0.25, 0.3) is 0 Å². The van der Waals surface area contributed by atoms with Crippen LogP contribution in [0.2, 0.25) is 0 Å². The van der Waals surface area contributed by atoms with Gasteiger partial charge in [0.1, 0.15) is 11.6 Å². The summed E-state index contributed by atoms with van der Waals surface area (Å²) in [5, 5.41) is 0. The molecular formula is C12H18FNO. The number of benzene rings is 1. The first-order chi connectivity index (χ1) is 7.27. The van der Waals surface area contributed by atoms with Gasteiger partial charge in [-0.15, -0.1) is 0 Å². The highest BCUT2D eigenvalue weighted by Gasteiger charge is 2.04. The van der Waals surface area contributed by atoms with Gasteiger partial charge in [0.15, 0.2) is 0 Å². The van der Waals surface area contributed by atoms with Crippen LogP contribution in [0.5, 0.6) is 5.75 Å². The van der Waals surface area contributed by atoms with Gasteiger partial charge in [-0.05, 0) is 56.5 Å². The van der Waals surface area contributed by atoms with E-state index >= 15 is 0 Å². The van der Waals surface area contributed by atoms with Crippen LogP contribution in [0, 0.1) is 5.82 Å². The second kappa shape index (κ2) is 6.40. The van der Waals surface area contributed by atoms with E-state index in [1.807, 2.05) is 6.92 Å². The molecule has 2 nitrogen and oxygen atoms in total. The Morgan fingerprint density at radius 1 is 1.33 bits per heavy atom. The van der Waals surface area contributed by atoms with Gasteiger partial charge in [0, 0.05) is 0 Å². The molecule has 1 aromatic carbocycles.